The summed E-state index contributed by atoms with van der Waals surface area (Å²) in [6, 6.07) is 2.82. The van der Waals surface area contributed by atoms with E-state index >= 15 is 0 Å². The molecule has 0 unspecified atom stereocenters. The van der Waals surface area contributed by atoms with Crippen LogP contribution in [0.5, 0.6) is 11.8 Å². The number of nitrogens with one attached hydrogen (secondary N) is 1. The minimum atomic E-state index is -0.416. The fraction of sp³-hybridized carbons (Fsp3) is 0.474. The summed E-state index contributed by atoms with van der Waals surface area (Å²) in [5.41, 5.74) is 0.544. The fourth-order valence-corrected chi connectivity index (χ4v) is 2.98. The van der Waals surface area contributed by atoms with Gasteiger partial charge in [0, 0.05) is 13.5 Å². The van der Waals surface area contributed by atoms with Crippen LogP contribution in [0.3, 0.4) is 0 Å². The first-order valence-electron chi connectivity index (χ1n) is 9.24. The highest BCUT2D eigenvalue weighted by molar-refractivity contribution is 6.33. The van der Waals surface area contributed by atoms with E-state index < -0.39 is 5.82 Å². The Morgan fingerprint density at radius 3 is 2.69 bits per heavy atom. The molecule has 0 saturated heterocycles. The number of halogens is 2. The minimum Gasteiger partial charge on any atom is -0.476 e. The van der Waals surface area contributed by atoms with Crippen LogP contribution in [0.2, 0.25) is 5.02 Å². The molecule has 2 aromatic rings. The van der Waals surface area contributed by atoms with Crippen LogP contribution in [-0.4, -0.2) is 46.7 Å². The molecule has 0 aliphatic heterocycles. The fourth-order valence-electron chi connectivity index (χ4n) is 2.77. The van der Waals surface area contributed by atoms with E-state index in [2.05, 4.69) is 20.3 Å². The van der Waals surface area contributed by atoms with Crippen LogP contribution in [0.1, 0.15) is 25.5 Å². The molecule has 156 valence electrons. The van der Waals surface area contributed by atoms with Crippen molar-refractivity contribution in [2.45, 2.75) is 32.5 Å². The number of amides is 1. The van der Waals surface area contributed by atoms with Crippen LogP contribution in [0, 0.1) is 11.7 Å². The van der Waals surface area contributed by atoms with Crippen molar-refractivity contribution in [1.29, 1.82) is 0 Å². The largest absolute Gasteiger partial charge is 0.476 e. The Balaban J connectivity index is 1.40. The number of hydrogen-bond acceptors (Lipinski definition) is 7. The zero-order chi connectivity index (χ0) is 20.6. The van der Waals surface area contributed by atoms with Crippen molar-refractivity contribution in [3.63, 3.8) is 0 Å². The van der Waals surface area contributed by atoms with E-state index in [4.69, 9.17) is 25.8 Å². The monoisotopic (exact) mass is 424 g/mol. The van der Waals surface area contributed by atoms with Gasteiger partial charge in [0.2, 0.25) is 17.7 Å². The Hall–Kier alpha value is -2.52. The number of rotatable bonds is 10. The molecular weight excluding hydrogens is 403 g/mol. The van der Waals surface area contributed by atoms with Gasteiger partial charge in [0.1, 0.15) is 18.8 Å². The highest BCUT2D eigenvalue weighted by Crippen LogP contribution is 2.33. The Morgan fingerprint density at radius 1 is 1.24 bits per heavy atom. The van der Waals surface area contributed by atoms with E-state index in [0.717, 1.165) is 19.0 Å². The Morgan fingerprint density at radius 2 is 2.00 bits per heavy atom. The lowest BCUT2D eigenvalue weighted by atomic mass is 9.83. The molecule has 1 aliphatic carbocycles. The van der Waals surface area contributed by atoms with Crippen molar-refractivity contribution in [3.05, 3.63) is 41.2 Å². The van der Waals surface area contributed by atoms with Crippen molar-refractivity contribution in [1.82, 2.24) is 20.3 Å². The SMILES string of the molecule is CC(=O)NCCOC1CC(COc2ncnc(OCc3ccc(F)cn3)c2Cl)C1. The van der Waals surface area contributed by atoms with Crippen molar-refractivity contribution in [3.8, 4) is 11.8 Å². The summed E-state index contributed by atoms with van der Waals surface area (Å²) in [7, 11) is 0. The number of aromatic nitrogens is 3. The van der Waals surface area contributed by atoms with Gasteiger partial charge in [-0.05, 0) is 30.9 Å². The smallest absolute Gasteiger partial charge is 0.240 e. The molecule has 1 aliphatic rings. The van der Waals surface area contributed by atoms with Crippen molar-refractivity contribution >= 4 is 17.5 Å². The van der Waals surface area contributed by atoms with Crippen LogP contribution in [-0.2, 0) is 16.1 Å². The normalized spacial score (nSPS) is 18.0. The maximum atomic E-state index is 12.9. The van der Waals surface area contributed by atoms with Gasteiger partial charge in [-0.1, -0.05) is 11.6 Å². The second-order valence-electron chi connectivity index (χ2n) is 6.68. The number of hydrogen-bond donors (Lipinski definition) is 1. The van der Waals surface area contributed by atoms with E-state index in [1.54, 1.807) is 0 Å². The molecule has 8 nitrogen and oxygen atoms in total. The zero-order valence-corrected chi connectivity index (χ0v) is 16.7. The molecule has 1 fully saturated rings. The van der Waals surface area contributed by atoms with Crippen LogP contribution in [0.4, 0.5) is 4.39 Å². The highest BCUT2D eigenvalue weighted by Gasteiger charge is 2.30. The second kappa shape index (κ2) is 10.3. The summed E-state index contributed by atoms with van der Waals surface area (Å²) < 4.78 is 29.8. The Kier molecular flexibility index (Phi) is 7.54. The molecule has 2 heterocycles. The topological polar surface area (TPSA) is 95.5 Å². The molecule has 0 aromatic carbocycles. The molecule has 1 amide bonds. The van der Waals surface area contributed by atoms with Gasteiger partial charge in [0.15, 0.2) is 5.02 Å². The van der Waals surface area contributed by atoms with E-state index in [1.165, 1.54) is 25.4 Å². The molecule has 2 aromatic heterocycles. The lowest BCUT2D eigenvalue weighted by Crippen LogP contribution is -2.37. The van der Waals surface area contributed by atoms with Crippen LogP contribution < -0.4 is 14.8 Å². The molecule has 1 N–H and O–H groups in total. The zero-order valence-electron chi connectivity index (χ0n) is 15.9. The molecule has 0 spiro atoms. The molecule has 0 bridgehead atoms. The maximum Gasteiger partial charge on any atom is 0.240 e. The summed E-state index contributed by atoms with van der Waals surface area (Å²) in [5.74, 6) is 0.294. The Bertz CT molecular complexity index is 818. The molecule has 3 rings (SSSR count). The van der Waals surface area contributed by atoms with Gasteiger partial charge in [-0.25, -0.2) is 14.4 Å². The van der Waals surface area contributed by atoms with Crippen LogP contribution in [0.15, 0.2) is 24.7 Å². The number of carbonyl (C=O) groups is 1. The van der Waals surface area contributed by atoms with Crippen molar-refractivity contribution in [2.75, 3.05) is 19.8 Å². The molecule has 10 heteroatoms. The third kappa shape index (κ3) is 6.50. The first-order chi connectivity index (χ1) is 14.0. The molecule has 29 heavy (non-hydrogen) atoms. The highest BCUT2D eigenvalue weighted by atomic mass is 35.5. The van der Waals surface area contributed by atoms with Gasteiger partial charge in [-0.15, -0.1) is 0 Å². The number of nitrogens with zero attached hydrogens (tertiary/aromatic N) is 3. The summed E-state index contributed by atoms with van der Waals surface area (Å²) in [6.07, 6.45) is 4.36. The average Bonchev–Trinajstić information content (AvgIpc) is 2.67. The number of pyridine rings is 1. The first-order valence-corrected chi connectivity index (χ1v) is 9.61. The van der Waals surface area contributed by atoms with Gasteiger partial charge in [0.05, 0.1) is 31.2 Å². The van der Waals surface area contributed by atoms with E-state index in [1.807, 2.05) is 0 Å². The third-order valence-electron chi connectivity index (χ3n) is 4.35. The van der Waals surface area contributed by atoms with E-state index in [-0.39, 0.29) is 35.4 Å². The van der Waals surface area contributed by atoms with Crippen LogP contribution >= 0.6 is 11.6 Å². The predicted molar refractivity (Wildman–Crippen MR) is 102 cm³/mol. The molecular formula is C19H22ClFN4O4. The molecule has 0 atom stereocenters. The Labute approximate surface area is 172 Å². The summed E-state index contributed by atoms with van der Waals surface area (Å²) in [5, 5.41) is 2.87. The van der Waals surface area contributed by atoms with Crippen LogP contribution in [0.25, 0.3) is 0 Å². The van der Waals surface area contributed by atoms with Crippen molar-refractivity contribution < 1.29 is 23.4 Å². The maximum absolute atomic E-state index is 12.9. The second-order valence-corrected chi connectivity index (χ2v) is 7.06. The lowest BCUT2D eigenvalue weighted by Gasteiger charge is -2.34. The summed E-state index contributed by atoms with van der Waals surface area (Å²) in [6.45, 7) is 3.04. The number of ether oxygens (including phenoxy) is 3. The van der Waals surface area contributed by atoms with Gasteiger partial charge < -0.3 is 19.5 Å². The minimum absolute atomic E-state index is 0.0625. The van der Waals surface area contributed by atoms with E-state index in [0.29, 0.717) is 31.4 Å². The summed E-state index contributed by atoms with van der Waals surface area (Å²) >= 11 is 6.27. The van der Waals surface area contributed by atoms with Gasteiger partial charge in [-0.3, -0.25) is 9.78 Å². The average molecular weight is 425 g/mol. The standard InChI is InChI=1S/C19H22ClFN4O4/c1-12(26)22-4-5-27-16-6-13(7-16)9-28-18-17(20)19(25-11-24-18)29-10-15-3-2-14(21)8-23-15/h2-3,8,11,13,16H,4-7,9-10H2,1H3,(H,22,26). The van der Waals surface area contributed by atoms with Gasteiger partial charge in [-0.2, -0.15) is 0 Å². The summed E-state index contributed by atoms with van der Waals surface area (Å²) in [4.78, 5) is 22.8. The van der Waals surface area contributed by atoms with Crippen molar-refractivity contribution in [2.24, 2.45) is 5.92 Å². The quantitative estimate of drug-likeness (QED) is 0.585. The predicted octanol–water partition coefficient (Wildman–Crippen LogP) is 2.55. The van der Waals surface area contributed by atoms with Gasteiger partial charge >= 0.3 is 0 Å². The number of carbonyl (C=O) groups excluding carboxylic acids is 1. The third-order valence-corrected chi connectivity index (χ3v) is 4.67. The van der Waals surface area contributed by atoms with Gasteiger partial charge in [0.25, 0.3) is 0 Å². The first kappa shape index (κ1) is 21.2. The lowest BCUT2D eigenvalue weighted by molar-refractivity contribution is -0.119. The van der Waals surface area contributed by atoms with E-state index in [9.17, 15) is 9.18 Å². The molecule has 1 saturated carbocycles. The molecule has 0 radical (unpaired) electrons.